The van der Waals surface area contributed by atoms with Gasteiger partial charge in [-0.3, -0.25) is 0 Å². The van der Waals surface area contributed by atoms with E-state index in [2.05, 4.69) is 14.7 Å². The maximum atomic E-state index is 12.6. The summed E-state index contributed by atoms with van der Waals surface area (Å²) in [6.45, 7) is 0.903. The van der Waals surface area contributed by atoms with Crippen molar-refractivity contribution in [3.63, 3.8) is 0 Å². The van der Waals surface area contributed by atoms with E-state index in [9.17, 15) is 18.0 Å². The van der Waals surface area contributed by atoms with Gasteiger partial charge in [0, 0.05) is 11.4 Å². The Morgan fingerprint density at radius 3 is 2.81 bits per heavy atom. The van der Waals surface area contributed by atoms with Gasteiger partial charge in [-0.1, -0.05) is 5.16 Å². The molecule has 0 saturated heterocycles. The minimum absolute atomic E-state index is 0.00190. The van der Waals surface area contributed by atoms with Crippen LogP contribution in [-0.2, 0) is 23.9 Å². The highest BCUT2D eigenvalue weighted by Crippen LogP contribution is 2.36. The van der Waals surface area contributed by atoms with E-state index in [1.807, 2.05) is 0 Å². The van der Waals surface area contributed by atoms with Gasteiger partial charge in [0.1, 0.15) is 6.10 Å². The highest BCUT2D eigenvalue weighted by atomic mass is 32.1. The number of rotatable bonds is 2. The molecule has 1 saturated carbocycles. The first kappa shape index (κ1) is 17.3. The Labute approximate surface area is 150 Å². The van der Waals surface area contributed by atoms with Gasteiger partial charge >= 0.3 is 18.2 Å². The van der Waals surface area contributed by atoms with Crippen molar-refractivity contribution in [3.05, 3.63) is 22.4 Å². The molecule has 0 unspecified atom stereocenters. The number of amides is 1. The van der Waals surface area contributed by atoms with Gasteiger partial charge in [-0.2, -0.15) is 18.2 Å². The minimum atomic E-state index is -4.66. The Balaban J connectivity index is 1.47. The highest BCUT2D eigenvalue weighted by Gasteiger charge is 2.39. The van der Waals surface area contributed by atoms with Crippen LogP contribution in [0.2, 0.25) is 0 Å². The first-order valence-corrected chi connectivity index (χ1v) is 9.20. The maximum absolute atomic E-state index is 12.6. The number of halogens is 3. The van der Waals surface area contributed by atoms with E-state index in [0.29, 0.717) is 24.4 Å². The molecule has 140 valence electrons. The second kappa shape index (κ2) is 6.57. The number of hydrogen-bond donors (Lipinski definition) is 0. The molecule has 0 spiro atoms. The van der Waals surface area contributed by atoms with Crippen molar-refractivity contribution in [1.29, 1.82) is 0 Å². The van der Waals surface area contributed by atoms with E-state index in [1.54, 1.807) is 11.0 Å². The second-order valence-electron chi connectivity index (χ2n) is 6.44. The summed E-state index contributed by atoms with van der Waals surface area (Å²) in [6, 6.07) is 1.72. The summed E-state index contributed by atoms with van der Waals surface area (Å²) in [7, 11) is 0. The van der Waals surface area contributed by atoms with E-state index in [-0.39, 0.29) is 18.0 Å². The zero-order valence-electron chi connectivity index (χ0n) is 13.7. The summed E-state index contributed by atoms with van der Waals surface area (Å²) in [5, 5.41) is 3.42. The second-order valence-corrected chi connectivity index (χ2v) is 7.58. The van der Waals surface area contributed by atoms with Crippen LogP contribution in [0.4, 0.5) is 18.0 Å². The van der Waals surface area contributed by atoms with Gasteiger partial charge in [0.05, 0.1) is 11.4 Å². The van der Waals surface area contributed by atoms with E-state index >= 15 is 0 Å². The Bertz CT molecular complexity index is 811. The number of hydrogen-bond acceptors (Lipinski definition) is 6. The lowest BCUT2D eigenvalue weighted by atomic mass is 10.1. The van der Waals surface area contributed by atoms with E-state index in [1.165, 1.54) is 11.3 Å². The largest absolute Gasteiger partial charge is 0.471 e. The lowest BCUT2D eigenvalue weighted by Gasteiger charge is -2.27. The number of ether oxygens (including phenoxy) is 1. The zero-order chi connectivity index (χ0) is 18.3. The monoisotopic (exact) mass is 387 g/mol. The zero-order valence-corrected chi connectivity index (χ0v) is 14.5. The molecule has 2 aliphatic rings. The number of nitrogens with zero attached hydrogens (tertiary/aromatic N) is 3. The maximum Gasteiger partial charge on any atom is 0.471 e. The summed E-state index contributed by atoms with van der Waals surface area (Å²) >= 11 is 1.33. The molecule has 1 amide bonds. The summed E-state index contributed by atoms with van der Waals surface area (Å²) in [6.07, 6.45) is -0.371. The summed E-state index contributed by atoms with van der Waals surface area (Å²) in [5.41, 5.74) is 0.887. The van der Waals surface area contributed by atoms with Gasteiger partial charge in [0.2, 0.25) is 5.82 Å². The molecule has 4 rings (SSSR count). The van der Waals surface area contributed by atoms with Gasteiger partial charge < -0.3 is 14.2 Å². The molecule has 0 N–H and O–H groups in total. The topological polar surface area (TPSA) is 68.5 Å². The van der Waals surface area contributed by atoms with Crippen LogP contribution in [0.15, 0.2) is 10.6 Å². The average molecular weight is 387 g/mol. The standard InChI is InChI=1S/C16H16F3N3O3S/c17-16(18,19)14-20-13(21-25-14)12-7-9-8-22(6-5-11(9)26-12)15(23)24-10-3-1-2-4-10/h7,10H,1-6,8H2. The first-order chi connectivity index (χ1) is 12.4. The molecular formula is C16H16F3N3O3S. The SMILES string of the molecule is O=C(OC1CCCC1)N1CCc2sc(-c3noc(C(F)(F)F)n3)cc2C1. The molecule has 3 heterocycles. The summed E-state index contributed by atoms with van der Waals surface area (Å²) in [4.78, 5) is 18.9. The number of aromatic nitrogens is 2. The molecular weight excluding hydrogens is 371 g/mol. The molecule has 1 fully saturated rings. The number of fused-ring (bicyclic) bond motifs is 1. The first-order valence-electron chi connectivity index (χ1n) is 8.38. The molecule has 6 nitrogen and oxygen atoms in total. The van der Waals surface area contributed by atoms with Crippen molar-refractivity contribution < 1.29 is 27.2 Å². The van der Waals surface area contributed by atoms with Gasteiger partial charge in [0.15, 0.2) is 0 Å². The van der Waals surface area contributed by atoms with Crippen molar-refractivity contribution in [2.75, 3.05) is 6.54 Å². The Kier molecular flexibility index (Phi) is 4.37. The third-order valence-electron chi connectivity index (χ3n) is 4.58. The highest BCUT2D eigenvalue weighted by molar-refractivity contribution is 7.15. The molecule has 2 aromatic heterocycles. The van der Waals surface area contributed by atoms with E-state index < -0.39 is 12.1 Å². The van der Waals surface area contributed by atoms with Crippen molar-refractivity contribution >= 4 is 17.4 Å². The Morgan fingerprint density at radius 1 is 1.35 bits per heavy atom. The van der Waals surface area contributed by atoms with Gasteiger partial charge in [-0.05, 0) is 43.7 Å². The molecule has 1 aliphatic carbocycles. The minimum Gasteiger partial charge on any atom is -0.446 e. The number of thiophene rings is 1. The van der Waals surface area contributed by atoms with Gasteiger partial charge in [-0.15, -0.1) is 11.3 Å². The van der Waals surface area contributed by atoms with Crippen molar-refractivity contribution in [2.24, 2.45) is 0 Å². The molecule has 0 aromatic carbocycles. The fourth-order valence-electron chi connectivity index (χ4n) is 3.26. The Hall–Kier alpha value is -2.10. The molecule has 10 heteroatoms. The summed E-state index contributed by atoms with van der Waals surface area (Å²) in [5.74, 6) is -1.45. The van der Waals surface area contributed by atoms with Gasteiger partial charge in [-0.25, -0.2) is 4.79 Å². The molecule has 1 aliphatic heterocycles. The normalized spacial score (nSPS) is 18.2. The third kappa shape index (κ3) is 3.42. The lowest BCUT2D eigenvalue weighted by molar-refractivity contribution is -0.159. The van der Waals surface area contributed by atoms with Gasteiger partial charge in [0.25, 0.3) is 0 Å². The number of carbonyl (C=O) groups is 1. The van der Waals surface area contributed by atoms with E-state index in [4.69, 9.17) is 4.74 Å². The predicted molar refractivity (Wildman–Crippen MR) is 85.5 cm³/mol. The van der Waals surface area contributed by atoms with Crippen LogP contribution in [0.1, 0.15) is 42.0 Å². The Morgan fingerprint density at radius 2 is 2.12 bits per heavy atom. The fraction of sp³-hybridized carbons (Fsp3) is 0.562. The van der Waals surface area contributed by atoms with Crippen LogP contribution in [0, 0.1) is 0 Å². The lowest BCUT2D eigenvalue weighted by Crippen LogP contribution is -2.37. The fourth-order valence-corrected chi connectivity index (χ4v) is 4.35. The van der Waals surface area contributed by atoms with Crippen molar-refractivity contribution in [2.45, 2.75) is 50.9 Å². The van der Waals surface area contributed by atoms with Crippen LogP contribution in [0.3, 0.4) is 0 Å². The quantitative estimate of drug-likeness (QED) is 0.770. The molecule has 26 heavy (non-hydrogen) atoms. The van der Waals surface area contributed by atoms with E-state index in [0.717, 1.165) is 36.1 Å². The van der Waals surface area contributed by atoms with Crippen molar-refractivity contribution in [3.8, 4) is 10.7 Å². The third-order valence-corrected chi connectivity index (χ3v) is 5.82. The van der Waals surface area contributed by atoms with Crippen LogP contribution in [-0.4, -0.2) is 33.8 Å². The van der Waals surface area contributed by atoms with Crippen LogP contribution in [0.25, 0.3) is 10.7 Å². The molecule has 2 aromatic rings. The predicted octanol–water partition coefficient (Wildman–Crippen LogP) is 4.25. The number of carbonyl (C=O) groups excluding carboxylic acids is 1. The summed E-state index contributed by atoms with van der Waals surface area (Å²) < 4.78 is 47.6. The molecule has 0 atom stereocenters. The molecule has 0 radical (unpaired) electrons. The van der Waals surface area contributed by atoms with Crippen molar-refractivity contribution in [1.82, 2.24) is 15.0 Å². The average Bonchev–Trinajstić information content (AvgIpc) is 3.32. The molecule has 0 bridgehead atoms. The van der Waals surface area contributed by atoms with Crippen LogP contribution in [0.5, 0.6) is 0 Å². The number of alkyl halides is 3. The van der Waals surface area contributed by atoms with Crippen LogP contribution < -0.4 is 0 Å². The smallest absolute Gasteiger partial charge is 0.446 e. The van der Waals surface area contributed by atoms with Crippen LogP contribution >= 0.6 is 11.3 Å².